The summed E-state index contributed by atoms with van der Waals surface area (Å²) in [7, 11) is 0. The molecule has 56 heavy (non-hydrogen) atoms. The van der Waals surface area contributed by atoms with Crippen LogP contribution in [0.5, 0.6) is 0 Å². The molecule has 11 heteroatoms. The Morgan fingerprint density at radius 3 is 1.73 bits per heavy atom. The molecule has 7 rings (SSSR count). The molecule has 282 valence electrons. The third kappa shape index (κ3) is 6.81. The third-order valence-corrected chi connectivity index (χ3v) is 9.97. The lowest BCUT2D eigenvalue weighted by Gasteiger charge is -2.45. The first-order chi connectivity index (χ1) is 27.1. The predicted octanol–water partition coefficient (Wildman–Crippen LogP) is 9.09. The van der Waals surface area contributed by atoms with E-state index in [2.05, 4.69) is 51.8 Å². The first-order valence-electron chi connectivity index (χ1n) is 18.4. The van der Waals surface area contributed by atoms with E-state index in [0.717, 1.165) is 38.9 Å². The monoisotopic (exact) mass is 746 g/mol. The Bertz CT molecular complexity index is 2280. The number of nitrogens with zero attached hydrogens (tertiary/aromatic N) is 6. The minimum atomic E-state index is -1.48. The third-order valence-electron chi connectivity index (χ3n) is 9.97. The Morgan fingerprint density at radius 2 is 1.23 bits per heavy atom. The number of imidazole rings is 1. The van der Waals surface area contributed by atoms with E-state index in [-0.39, 0.29) is 31.1 Å². The van der Waals surface area contributed by atoms with Gasteiger partial charge in [0.25, 0.3) is 0 Å². The standard InChI is InChI=1S/C45H42N6O5/c1-5-55-42(53)40-41(43(3,4)54)46-39(30-56-31(2)52)51(40)29-32-25-27-33(28-26-32)37-23-15-16-24-38(37)45(47-49-50-48-45)44(34-17-9-6-10-18-34,35-19-11-7-12-20-35)36-21-13-8-14-22-36/h6-28,54H,5,29-30H2,1-4H3. The van der Waals surface area contributed by atoms with Crippen LogP contribution in [0.2, 0.25) is 0 Å². The van der Waals surface area contributed by atoms with Crippen molar-refractivity contribution in [3.8, 4) is 11.1 Å². The zero-order chi connectivity index (χ0) is 39.3. The normalized spacial score (nSPS) is 13.4. The number of hydrogen-bond acceptors (Lipinski definition) is 10. The number of carbonyl (C=O) groups excluding carboxylic acids is 2. The molecular formula is C45H42N6O5. The minimum Gasteiger partial charge on any atom is -0.461 e. The first kappa shape index (κ1) is 37.7. The molecule has 0 saturated heterocycles. The second-order valence-corrected chi connectivity index (χ2v) is 14.0. The second kappa shape index (κ2) is 15.6. The van der Waals surface area contributed by atoms with Gasteiger partial charge >= 0.3 is 11.9 Å². The zero-order valence-electron chi connectivity index (χ0n) is 31.7. The summed E-state index contributed by atoms with van der Waals surface area (Å²) in [5.41, 5.74) is 2.66. The molecule has 6 aromatic rings. The van der Waals surface area contributed by atoms with Crippen molar-refractivity contribution in [3.05, 3.63) is 185 Å². The Kier molecular flexibility index (Phi) is 10.5. The summed E-state index contributed by atoms with van der Waals surface area (Å²) in [6.07, 6.45) is 0. The lowest BCUT2D eigenvalue weighted by Crippen LogP contribution is -2.48. The number of esters is 2. The van der Waals surface area contributed by atoms with Gasteiger partial charge in [0, 0.05) is 19.0 Å². The van der Waals surface area contributed by atoms with Crippen molar-refractivity contribution in [1.82, 2.24) is 9.55 Å². The molecule has 0 aliphatic carbocycles. The van der Waals surface area contributed by atoms with Crippen LogP contribution in [0.15, 0.2) is 160 Å². The van der Waals surface area contributed by atoms with E-state index in [1.807, 2.05) is 103 Å². The number of aromatic nitrogens is 2. The highest BCUT2D eigenvalue weighted by atomic mass is 16.5. The van der Waals surface area contributed by atoms with E-state index in [1.165, 1.54) is 6.92 Å². The highest BCUT2D eigenvalue weighted by Crippen LogP contribution is 2.58. The number of rotatable bonds is 13. The van der Waals surface area contributed by atoms with Gasteiger partial charge in [-0.05, 0) is 64.6 Å². The molecule has 1 aromatic heterocycles. The zero-order valence-corrected chi connectivity index (χ0v) is 31.7. The van der Waals surface area contributed by atoms with Crippen molar-refractivity contribution >= 4 is 11.9 Å². The average Bonchev–Trinajstić information content (AvgIpc) is 3.86. The van der Waals surface area contributed by atoms with Gasteiger partial charge in [0.2, 0.25) is 5.66 Å². The average molecular weight is 747 g/mol. The summed E-state index contributed by atoms with van der Waals surface area (Å²) in [5, 5.41) is 29.4. The largest absolute Gasteiger partial charge is 0.461 e. The van der Waals surface area contributed by atoms with E-state index in [1.54, 1.807) is 25.3 Å². The Morgan fingerprint density at radius 1 is 0.714 bits per heavy atom. The second-order valence-electron chi connectivity index (χ2n) is 14.0. The maximum absolute atomic E-state index is 13.4. The van der Waals surface area contributed by atoms with Crippen LogP contribution in [-0.4, -0.2) is 33.2 Å². The molecule has 2 heterocycles. The molecule has 0 saturated carbocycles. The Hall–Kier alpha value is -6.59. The maximum atomic E-state index is 13.4. The lowest BCUT2D eigenvalue weighted by atomic mass is 9.59. The molecule has 0 unspecified atom stereocenters. The summed E-state index contributed by atoms with van der Waals surface area (Å²) in [6, 6.07) is 46.7. The van der Waals surface area contributed by atoms with Gasteiger partial charge in [0.05, 0.1) is 12.0 Å². The highest BCUT2D eigenvalue weighted by molar-refractivity contribution is 5.89. The van der Waals surface area contributed by atoms with Crippen molar-refractivity contribution in [1.29, 1.82) is 0 Å². The van der Waals surface area contributed by atoms with Crippen molar-refractivity contribution in [2.45, 2.75) is 57.5 Å². The van der Waals surface area contributed by atoms with Gasteiger partial charge in [-0.2, -0.15) is 0 Å². The summed E-state index contributed by atoms with van der Waals surface area (Å²) in [6.45, 7) is 6.21. The number of ether oxygens (including phenoxy) is 2. The maximum Gasteiger partial charge on any atom is 0.357 e. The van der Waals surface area contributed by atoms with Crippen molar-refractivity contribution in [2.75, 3.05) is 6.61 Å². The summed E-state index contributed by atoms with van der Waals surface area (Å²) < 4.78 is 12.3. The van der Waals surface area contributed by atoms with Gasteiger partial charge in [-0.25, -0.2) is 9.78 Å². The molecule has 11 nitrogen and oxygen atoms in total. The number of benzene rings is 5. The molecule has 1 aliphatic heterocycles. The molecule has 0 atom stereocenters. The highest BCUT2D eigenvalue weighted by Gasteiger charge is 2.60. The van der Waals surface area contributed by atoms with Gasteiger partial charge in [0.15, 0.2) is 5.69 Å². The lowest BCUT2D eigenvalue weighted by molar-refractivity contribution is -0.142. The summed E-state index contributed by atoms with van der Waals surface area (Å²) in [5.74, 6) is -0.839. The van der Waals surface area contributed by atoms with Crippen LogP contribution in [0.1, 0.15) is 77.5 Å². The molecular weight excluding hydrogens is 705 g/mol. The Balaban J connectivity index is 1.38. The van der Waals surface area contributed by atoms with E-state index in [4.69, 9.17) is 19.7 Å². The molecule has 0 radical (unpaired) electrons. The van der Waals surface area contributed by atoms with Gasteiger partial charge in [0.1, 0.15) is 23.7 Å². The molecule has 0 fully saturated rings. The summed E-state index contributed by atoms with van der Waals surface area (Å²) in [4.78, 5) is 29.7. The summed E-state index contributed by atoms with van der Waals surface area (Å²) >= 11 is 0. The van der Waals surface area contributed by atoms with Crippen LogP contribution in [0, 0.1) is 0 Å². The Labute approximate surface area is 325 Å². The molecule has 0 spiro atoms. The first-order valence-corrected chi connectivity index (χ1v) is 18.4. The number of hydrogen-bond donors (Lipinski definition) is 1. The van der Waals surface area contributed by atoms with Crippen molar-refractivity contribution < 1.29 is 24.2 Å². The molecule has 1 N–H and O–H groups in total. The smallest absolute Gasteiger partial charge is 0.357 e. The molecule has 0 bridgehead atoms. The van der Waals surface area contributed by atoms with Gasteiger partial charge < -0.3 is 19.1 Å². The van der Waals surface area contributed by atoms with E-state index < -0.39 is 28.6 Å². The van der Waals surface area contributed by atoms with Gasteiger partial charge in [-0.3, -0.25) is 4.79 Å². The predicted molar refractivity (Wildman–Crippen MR) is 210 cm³/mol. The van der Waals surface area contributed by atoms with Crippen molar-refractivity contribution in [2.24, 2.45) is 20.7 Å². The minimum absolute atomic E-state index is 0.0916. The molecule has 0 amide bonds. The van der Waals surface area contributed by atoms with Crippen LogP contribution in [0.3, 0.4) is 0 Å². The quantitative estimate of drug-likeness (QED) is 0.0924. The fraction of sp³-hybridized carbons (Fsp3) is 0.222. The van der Waals surface area contributed by atoms with E-state index >= 15 is 0 Å². The van der Waals surface area contributed by atoms with Crippen LogP contribution >= 0.6 is 0 Å². The van der Waals surface area contributed by atoms with Crippen LogP contribution in [0.4, 0.5) is 0 Å². The fourth-order valence-corrected chi connectivity index (χ4v) is 7.61. The van der Waals surface area contributed by atoms with E-state index in [9.17, 15) is 14.7 Å². The topological polar surface area (TPSA) is 140 Å². The number of carbonyl (C=O) groups is 2. The SMILES string of the molecule is CCOC(=O)c1c(C(C)(C)O)nc(COC(C)=O)n1Cc1ccc(-c2ccccc2C2(C(c3ccccc3)(c3ccccc3)c3ccccc3)N=NN=N2)cc1. The van der Waals surface area contributed by atoms with E-state index in [0.29, 0.717) is 5.82 Å². The number of aliphatic hydroxyl groups is 1. The van der Waals surface area contributed by atoms with Gasteiger partial charge in [-0.1, -0.05) is 140 Å². The molecule has 5 aromatic carbocycles. The molecule has 1 aliphatic rings. The van der Waals surface area contributed by atoms with Gasteiger partial charge in [-0.15, -0.1) is 10.2 Å². The van der Waals surface area contributed by atoms with Crippen LogP contribution in [-0.2, 0) is 44.1 Å². The van der Waals surface area contributed by atoms with Crippen molar-refractivity contribution in [3.63, 3.8) is 0 Å². The fourth-order valence-electron chi connectivity index (χ4n) is 7.61. The van der Waals surface area contributed by atoms with Crippen LogP contribution in [0.25, 0.3) is 11.1 Å². The van der Waals surface area contributed by atoms with Crippen LogP contribution < -0.4 is 0 Å².